The van der Waals surface area contributed by atoms with Crippen LogP contribution in [0, 0.1) is 0 Å². The van der Waals surface area contributed by atoms with Crippen LogP contribution in [0.3, 0.4) is 0 Å². The van der Waals surface area contributed by atoms with Crippen LogP contribution < -0.4 is 10.1 Å². The molecule has 1 N–H and O–H groups in total. The van der Waals surface area contributed by atoms with Gasteiger partial charge in [-0.15, -0.1) is 0 Å². The van der Waals surface area contributed by atoms with Gasteiger partial charge in [-0.2, -0.15) is 0 Å². The first-order valence-corrected chi connectivity index (χ1v) is 7.72. The van der Waals surface area contributed by atoms with Crippen LogP contribution in [0.15, 0.2) is 36.5 Å². The highest BCUT2D eigenvalue weighted by molar-refractivity contribution is 6.31. The Labute approximate surface area is 134 Å². The summed E-state index contributed by atoms with van der Waals surface area (Å²) >= 11 is 12.3. The van der Waals surface area contributed by atoms with E-state index in [4.69, 9.17) is 27.9 Å². The monoisotopic (exact) mass is 322 g/mol. The summed E-state index contributed by atoms with van der Waals surface area (Å²) in [6, 6.07) is 10.1. The first-order chi connectivity index (χ1) is 10.2. The normalized spacial score (nSPS) is 14.2. The van der Waals surface area contributed by atoms with E-state index in [0.29, 0.717) is 28.6 Å². The number of hydrogen-bond donors (Lipinski definition) is 1. The molecule has 1 saturated carbocycles. The summed E-state index contributed by atoms with van der Waals surface area (Å²) < 4.78 is 5.71. The van der Waals surface area contributed by atoms with Crippen molar-refractivity contribution >= 4 is 23.2 Å². The van der Waals surface area contributed by atoms with Gasteiger partial charge in [0.15, 0.2) is 0 Å². The highest BCUT2D eigenvalue weighted by atomic mass is 35.5. The van der Waals surface area contributed by atoms with E-state index in [1.54, 1.807) is 6.20 Å². The van der Waals surface area contributed by atoms with Gasteiger partial charge in [-0.25, -0.2) is 4.98 Å². The molecule has 1 aromatic carbocycles. The van der Waals surface area contributed by atoms with E-state index >= 15 is 0 Å². The average molecular weight is 323 g/mol. The minimum atomic E-state index is 0.393. The number of aromatic nitrogens is 1. The maximum absolute atomic E-state index is 6.16. The zero-order valence-electron chi connectivity index (χ0n) is 11.5. The van der Waals surface area contributed by atoms with Gasteiger partial charge in [0, 0.05) is 35.4 Å². The van der Waals surface area contributed by atoms with Gasteiger partial charge in [-0.05, 0) is 24.5 Å². The maximum Gasteiger partial charge on any atom is 0.213 e. The summed E-state index contributed by atoms with van der Waals surface area (Å²) in [6.07, 6.45) is 4.13. The molecule has 0 unspecified atom stereocenters. The number of ether oxygens (including phenoxy) is 1. The lowest BCUT2D eigenvalue weighted by Crippen LogP contribution is -2.15. The predicted octanol–water partition coefficient (Wildman–Crippen LogP) is 4.22. The molecule has 1 fully saturated rings. The fraction of sp³-hybridized carbons (Fsp3) is 0.312. The average Bonchev–Trinajstić information content (AvgIpc) is 3.31. The van der Waals surface area contributed by atoms with Crippen molar-refractivity contribution in [2.45, 2.75) is 32.0 Å². The summed E-state index contributed by atoms with van der Waals surface area (Å²) in [5.41, 5.74) is 1.95. The number of pyridine rings is 1. The van der Waals surface area contributed by atoms with Crippen LogP contribution in [0.5, 0.6) is 5.88 Å². The van der Waals surface area contributed by atoms with E-state index in [2.05, 4.69) is 10.3 Å². The van der Waals surface area contributed by atoms with E-state index in [1.807, 2.05) is 30.3 Å². The number of halogens is 2. The van der Waals surface area contributed by atoms with Gasteiger partial charge in [-0.1, -0.05) is 41.4 Å². The zero-order chi connectivity index (χ0) is 14.7. The van der Waals surface area contributed by atoms with Crippen LogP contribution >= 0.6 is 23.2 Å². The molecule has 0 atom stereocenters. The Morgan fingerprint density at radius 1 is 1.14 bits per heavy atom. The molecule has 0 aliphatic heterocycles. The minimum Gasteiger partial charge on any atom is -0.473 e. The summed E-state index contributed by atoms with van der Waals surface area (Å²) in [4.78, 5) is 4.20. The molecular weight excluding hydrogens is 307 g/mol. The zero-order valence-corrected chi connectivity index (χ0v) is 13.0. The molecule has 0 spiro atoms. The van der Waals surface area contributed by atoms with Crippen LogP contribution in [0.25, 0.3) is 0 Å². The van der Waals surface area contributed by atoms with Crippen molar-refractivity contribution < 1.29 is 4.74 Å². The Morgan fingerprint density at radius 2 is 1.95 bits per heavy atom. The molecule has 1 heterocycles. The van der Waals surface area contributed by atoms with Crippen LogP contribution in [-0.4, -0.2) is 11.0 Å². The minimum absolute atomic E-state index is 0.393. The number of benzene rings is 1. The van der Waals surface area contributed by atoms with Gasteiger partial charge in [0.1, 0.15) is 6.61 Å². The number of hydrogen-bond acceptors (Lipinski definition) is 3. The Balaban J connectivity index is 1.64. The van der Waals surface area contributed by atoms with Crippen molar-refractivity contribution in [1.82, 2.24) is 10.3 Å². The van der Waals surface area contributed by atoms with Crippen LogP contribution in [0.1, 0.15) is 24.0 Å². The second-order valence-corrected chi connectivity index (χ2v) is 5.96. The molecule has 0 amide bonds. The molecule has 0 saturated heterocycles. The number of rotatable bonds is 6. The molecule has 110 valence electrons. The molecule has 3 nitrogen and oxygen atoms in total. The highest BCUT2D eigenvalue weighted by Crippen LogP contribution is 2.24. The van der Waals surface area contributed by atoms with Gasteiger partial charge < -0.3 is 10.1 Å². The maximum atomic E-state index is 6.16. The number of nitrogens with zero attached hydrogens (tertiary/aromatic N) is 1. The second kappa shape index (κ2) is 6.65. The lowest BCUT2D eigenvalue weighted by molar-refractivity contribution is 0.293. The first-order valence-electron chi connectivity index (χ1n) is 6.96. The van der Waals surface area contributed by atoms with E-state index in [1.165, 1.54) is 12.8 Å². The predicted molar refractivity (Wildman–Crippen MR) is 84.9 cm³/mol. The largest absolute Gasteiger partial charge is 0.473 e. The SMILES string of the molecule is Clc1cnc(OCc2ccccc2Cl)cc1CNC1CC1. The Morgan fingerprint density at radius 3 is 2.71 bits per heavy atom. The van der Waals surface area contributed by atoms with Crippen molar-refractivity contribution in [3.63, 3.8) is 0 Å². The summed E-state index contributed by atoms with van der Waals surface area (Å²) in [5.74, 6) is 0.562. The molecule has 0 radical (unpaired) electrons. The van der Waals surface area contributed by atoms with Gasteiger partial charge >= 0.3 is 0 Å². The lowest BCUT2D eigenvalue weighted by atomic mass is 10.2. The standard InChI is InChI=1S/C16H16Cl2N2O/c17-14-4-2-1-3-11(14)10-21-16-7-12(15(18)9-20-16)8-19-13-5-6-13/h1-4,7,9,13,19H,5-6,8,10H2. The lowest BCUT2D eigenvalue weighted by Gasteiger charge is -2.10. The van der Waals surface area contributed by atoms with Gasteiger partial charge in [-0.3, -0.25) is 0 Å². The van der Waals surface area contributed by atoms with Crippen molar-refractivity contribution in [3.05, 3.63) is 57.7 Å². The summed E-state index contributed by atoms with van der Waals surface area (Å²) in [6.45, 7) is 1.14. The van der Waals surface area contributed by atoms with Crippen LogP contribution in [0.4, 0.5) is 0 Å². The van der Waals surface area contributed by atoms with Gasteiger partial charge in [0.05, 0.1) is 5.02 Å². The Hall–Kier alpha value is -1.29. The fourth-order valence-corrected chi connectivity index (χ4v) is 2.34. The highest BCUT2D eigenvalue weighted by Gasteiger charge is 2.20. The third-order valence-corrected chi connectivity index (χ3v) is 4.11. The van der Waals surface area contributed by atoms with Gasteiger partial charge in [0.2, 0.25) is 5.88 Å². The molecule has 21 heavy (non-hydrogen) atoms. The Kier molecular flexibility index (Phi) is 4.63. The molecule has 1 aromatic heterocycles. The van der Waals surface area contributed by atoms with Crippen molar-refractivity contribution in [3.8, 4) is 5.88 Å². The summed E-state index contributed by atoms with van der Waals surface area (Å²) in [7, 11) is 0. The van der Waals surface area contributed by atoms with Crippen LogP contribution in [0.2, 0.25) is 10.0 Å². The number of nitrogens with one attached hydrogen (secondary N) is 1. The van der Waals surface area contributed by atoms with E-state index in [9.17, 15) is 0 Å². The van der Waals surface area contributed by atoms with E-state index in [-0.39, 0.29) is 0 Å². The second-order valence-electron chi connectivity index (χ2n) is 5.15. The molecule has 0 bridgehead atoms. The van der Waals surface area contributed by atoms with E-state index < -0.39 is 0 Å². The van der Waals surface area contributed by atoms with Crippen molar-refractivity contribution in [2.24, 2.45) is 0 Å². The quantitative estimate of drug-likeness (QED) is 0.864. The fourth-order valence-electron chi connectivity index (χ4n) is 1.98. The molecule has 5 heteroatoms. The first kappa shape index (κ1) is 14.6. The smallest absolute Gasteiger partial charge is 0.213 e. The molecular formula is C16H16Cl2N2O. The summed E-state index contributed by atoms with van der Waals surface area (Å²) in [5, 5.41) is 4.79. The van der Waals surface area contributed by atoms with Crippen LogP contribution in [-0.2, 0) is 13.2 Å². The van der Waals surface area contributed by atoms with E-state index in [0.717, 1.165) is 17.7 Å². The van der Waals surface area contributed by atoms with Crippen molar-refractivity contribution in [1.29, 1.82) is 0 Å². The van der Waals surface area contributed by atoms with Gasteiger partial charge in [0.25, 0.3) is 0 Å². The topological polar surface area (TPSA) is 34.1 Å². The molecule has 2 aromatic rings. The molecule has 1 aliphatic rings. The Bertz CT molecular complexity index is 629. The molecule has 1 aliphatic carbocycles. The molecule has 3 rings (SSSR count). The van der Waals surface area contributed by atoms with Crippen molar-refractivity contribution in [2.75, 3.05) is 0 Å². The third-order valence-electron chi connectivity index (χ3n) is 3.40. The third kappa shape index (κ3) is 4.10.